The summed E-state index contributed by atoms with van der Waals surface area (Å²) in [5, 5.41) is 10.3. The van der Waals surface area contributed by atoms with Crippen molar-refractivity contribution in [3.8, 4) is 0 Å². The van der Waals surface area contributed by atoms with Gasteiger partial charge in [-0.3, -0.25) is 0 Å². The van der Waals surface area contributed by atoms with E-state index in [9.17, 15) is 5.11 Å². The largest absolute Gasteiger partial charge is 0.388 e. The van der Waals surface area contributed by atoms with Crippen molar-refractivity contribution < 1.29 is 5.11 Å². The zero-order chi connectivity index (χ0) is 9.97. The summed E-state index contributed by atoms with van der Waals surface area (Å²) in [6.07, 6.45) is 5.99. The molecule has 2 nitrogen and oxygen atoms in total. The minimum Gasteiger partial charge on any atom is -0.388 e. The Hall–Kier alpha value is -0.600. The third kappa shape index (κ3) is 2.25. The summed E-state index contributed by atoms with van der Waals surface area (Å²) < 4.78 is 0. The standard InChI is InChI=1S/C11H14ClNO/c12-11-5-4-9(7-13-11)10(14)6-8-2-1-3-8/h4-5,7-8,10,14H,1-3,6H2. The van der Waals surface area contributed by atoms with Gasteiger partial charge >= 0.3 is 0 Å². The minimum absolute atomic E-state index is 0.370. The molecule has 76 valence electrons. The van der Waals surface area contributed by atoms with Crippen LogP contribution < -0.4 is 0 Å². The molecule has 0 saturated heterocycles. The molecule has 14 heavy (non-hydrogen) atoms. The van der Waals surface area contributed by atoms with Crippen molar-refractivity contribution in [1.29, 1.82) is 0 Å². The average molecular weight is 212 g/mol. The molecule has 0 amide bonds. The van der Waals surface area contributed by atoms with E-state index in [0.29, 0.717) is 11.1 Å². The Morgan fingerprint density at radius 3 is 2.79 bits per heavy atom. The number of nitrogens with zero attached hydrogens (tertiary/aromatic N) is 1. The monoisotopic (exact) mass is 211 g/mol. The first-order chi connectivity index (χ1) is 6.75. The van der Waals surface area contributed by atoms with Crippen LogP contribution in [0.15, 0.2) is 18.3 Å². The Labute approximate surface area is 88.9 Å². The van der Waals surface area contributed by atoms with Crippen LogP contribution in [0.1, 0.15) is 37.4 Å². The highest BCUT2D eigenvalue weighted by Gasteiger charge is 2.21. The van der Waals surface area contributed by atoms with Crippen LogP contribution in [0.2, 0.25) is 5.15 Å². The van der Waals surface area contributed by atoms with Gasteiger partial charge in [-0.25, -0.2) is 4.98 Å². The molecule has 1 fully saturated rings. The molecule has 1 heterocycles. The summed E-state index contributed by atoms with van der Waals surface area (Å²) >= 11 is 5.67. The van der Waals surface area contributed by atoms with Gasteiger partial charge in [-0.15, -0.1) is 0 Å². The molecule has 0 bridgehead atoms. The van der Waals surface area contributed by atoms with Gasteiger partial charge in [0.05, 0.1) is 6.10 Å². The number of aromatic nitrogens is 1. The molecule has 1 aromatic heterocycles. The maximum atomic E-state index is 9.86. The lowest BCUT2D eigenvalue weighted by Crippen LogP contribution is -2.14. The molecule has 1 aliphatic carbocycles. The third-order valence-corrected chi connectivity index (χ3v) is 3.14. The van der Waals surface area contributed by atoms with Crippen molar-refractivity contribution in [2.24, 2.45) is 5.92 Å². The fraction of sp³-hybridized carbons (Fsp3) is 0.545. The third-order valence-electron chi connectivity index (χ3n) is 2.92. The van der Waals surface area contributed by atoms with Crippen molar-refractivity contribution in [2.45, 2.75) is 31.8 Å². The van der Waals surface area contributed by atoms with Crippen LogP contribution in [0, 0.1) is 5.92 Å². The van der Waals surface area contributed by atoms with E-state index in [1.807, 2.05) is 6.07 Å². The molecular weight excluding hydrogens is 198 g/mol. The predicted molar refractivity (Wildman–Crippen MR) is 56.2 cm³/mol. The minimum atomic E-state index is -0.370. The van der Waals surface area contributed by atoms with Crippen LogP contribution in [0.4, 0.5) is 0 Å². The van der Waals surface area contributed by atoms with E-state index in [0.717, 1.165) is 12.0 Å². The number of aliphatic hydroxyl groups is 1. The van der Waals surface area contributed by atoms with E-state index in [-0.39, 0.29) is 6.10 Å². The Balaban J connectivity index is 1.95. The van der Waals surface area contributed by atoms with Gasteiger partial charge in [0.15, 0.2) is 0 Å². The van der Waals surface area contributed by atoms with E-state index in [1.54, 1.807) is 12.3 Å². The quantitative estimate of drug-likeness (QED) is 0.780. The molecule has 1 unspecified atom stereocenters. The van der Waals surface area contributed by atoms with Crippen LogP contribution in [-0.2, 0) is 0 Å². The van der Waals surface area contributed by atoms with Crippen LogP contribution in [0.5, 0.6) is 0 Å². The van der Waals surface area contributed by atoms with E-state index >= 15 is 0 Å². The molecular formula is C11H14ClNO. The van der Waals surface area contributed by atoms with Crippen LogP contribution in [0.3, 0.4) is 0 Å². The molecule has 1 N–H and O–H groups in total. The Morgan fingerprint density at radius 2 is 2.29 bits per heavy atom. The first-order valence-electron chi connectivity index (χ1n) is 5.05. The smallest absolute Gasteiger partial charge is 0.129 e. The van der Waals surface area contributed by atoms with E-state index < -0.39 is 0 Å². The van der Waals surface area contributed by atoms with Crippen LogP contribution in [0.25, 0.3) is 0 Å². The van der Waals surface area contributed by atoms with Crippen molar-refractivity contribution in [3.05, 3.63) is 29.0 Å². The van der Waals surface area contributed by atoms with Gasteiger partial charge in [-0.2, -0.15) is 0 Å². The zero-order valence-corrected chi connectivity index (χ0v) is 8.74. The summed E-state index contributed by atoms with van der Waals surface area (Å²) in [6.45, 7) is 0. The van der Waals surface area contributed by atoms with Crippen molar-refractivity contribution in [2.75, 3.05) is 0 Å². The second-order valence-electron chi connectivity index (χ2n) is 3.96. The van der Waals surface area contributed by atoms with Gasteiger partial charge in [-0.05, 0) is 24.0 Å². The normalized spacial score (nSPS) is 19.0. The Kier molecular flexibility index (Phi) is 3.04. The first-order valence-corrected chi connectivity index (χ1v) is 5.43. The number of hydrogen-bond donors (Lipinski definition) is 1. The highest BCUT2D eigenvalue weighted by Crippen LogP contribution is 2.34. The Bertz CT molecular complexity index is 295. The number of hydrogen-bond acceptors (Lipinski definition) is 2. The number of pyridine rings is 1. The lowest BCUT2D eigenvalue weighted by atomic mass is 9.80. The van der Waals surface area contributed by atoms with E-state index in [4.69, 9.17) is 11.6 Å². The molecule has 0 spiro atoms. The predicted octanol–water partition coefficient (Wildman–Crippen LogP) is 2.96. The molecule has 1 aliphatic rings. The lowest BCUT2D eigenvalue weighted by Gasteiger charge is -2.27. The average Bonchev–Trinajstić information content (AvgIpc) is 2.12. The number of rotatable bonds is 3. The van der Waals surface area contributed by atoms with Gasteiger partial charge in [0.2, 0.25) is 0 Å². The van der Waals surface area contributed by atoms with Gasteiger partial charge < -0.3 is 5.11 Å². The van der Waals surface area contributed by atoms with Gasteiger partial charge in [0.25, 0.3) is 0 Å². The molecule has 1 atom stereocenters. The highest BCUT2D eigenvalue weighted by atomic mass is 35.5. The molecule has 0 aliphatic heterocycles. The number of aliphatic hydroxyl groups excluding tert-OH is 1. The Morgan fingerprint density at radius 1 is 1.50 bits per heavy atom. The zero-order valence-electron chi connectivity index (χ0n) is 7.99. The summed E-state index contributed by atoms with van der Waals surface area (Å²) in [7, 11) is 0. The van der Waals surface area contributed by atoms with E-state index in [1.165, 1.54) is 19.3 Å². The maximum Gasteiger partial charge on any atom is 0.129 e. The molecule has 1 aromatic rings. The van der Waals surface area contributed by atoms with Crippen LogP contribution in [-0.4, -0.2) is 10.1 Å². The summed E-state index contributed by atoms with van der Waals surface area (Å²) in [4.78, 5) is 3.96. The van der Waals surface area contributed by atoms with Crippen molar-refractivity contribution >= 4 is 11.6 Å². The molecule has 3 heteroatoms. The lowest BCUT2D eigenvalue weighted by molar-refractivity contribution is 0.118. The highest BCUT2D eigenvalue weighted by molar-refractivity contribution is 6.29. The van der Waals surface area contributed by atoms with Gasteiger partial charge in [0, 0.05) is 6.20 Å². The molecule has 1 saturated carbocycles. The van der Waals surface area contributed by atoms with E-state index in [2.05, 4.69) is 4.98 Å². The second-order valence-corrected chi connectivity index (χ2v) is 4.35. The first kappa shape index (κ1) is 9.94. The molecule has 0 aromatic carbocycles. The summed E-state index contributed by atoms with van der Waals surface area (Å²) in [6, 6.07) is 3.57. The molecule has 2 rings (SSSR count). The topological polar surface area (TPSA) is 33.1 Å². The SMILES string of the molecule is OC(CC1CCC1)c1ccc(Cl)nc1. The van der Waals surface area contributed by atoms with Gasteiger partial charge in [0.1, 0.15) is 5.15 Å². The van der Waals surface area contributed by atoms with Crippen molar-refractivity contribution in [3.63, 3.8) is 0 Å². The number of halogens is 1. The van der Waals surface area contributed by atoms with Crippen LogP contribution >= 0.6 is 11.6 Å². The second kappa shape index (κ2) is 4.28. The fourth-order valence-corrected chi connectivity index (χ4v) is 1.88. The molecule has 0 radical (unpaired) electrons. The fourth-order valence-electron chi connectivity index (χ4n) is 1.76. The van der Waals surface area contributed by atoms with Gasteiger partial charge in [-0.1, -0.05) is 36.9 Å². The summed E-state index contributed by atoms with van der Waals surface area (Å²) in [5.74, 6) is 0.709. The maximum absolute atomic E-state index is 9.86. The summed E-state index contributed by atoms with van der Waals surface area (Å²) in [5.41, 5.74) is 0.876. The van der Waals surface area contributed by atoms with Crippen molar-refractivity contribution in [1.82, 2.24) is 4.98 Å².